The molecule has 0 radical (unpaired) electrons. The van der Waals surface area contributed by atoms with E-state index in [9.17, 15) is 9.59 Å². The molecule has 2 heterocycles. The number of carbonyl (C=O) groups excluding carboxylic acids is 2. The highest BCUT2D eigenvalue weighted by Gasteiger charge is 2.40. The van der Waals surface area contributed by atoms with Crippen LogP contribution in [0.3, 0.4) is 0 Å². The number of ether oxygens (including phenoxy) is 2. The highest BCUT2D eigenvalue weighted by Crippen LogP contribution is 2.37. The van der Waals surface area contributed by atoms with Crippen molar-refractivity contribution in [2.75, 3.05) is 40.5 Å². The van der Waals surface area contributed by atoms with Gasteiger partial charge in [0.05, 0.1) is 32.3 Å². The first-order valence-corrected chi connectivity index (χ1v) is 8.38. The Kier molecular flexibility index (Phi) is 5.04. The van der Waals surface area contributed by atoms with E-state index in [1.165, 1.54) is 0 Å². The quantitative estimate of drug-likeness (QED) is 0.841. The van der Waals surface area contributed by atoms with E-state index in [2.05, 4.69) is 0 Å². The van der Waals surface area contributed by atoms with Crippen molar-refractivity contribution in [3.63, 3.8) is 0 Å². The van der Waals surface area contributed by atoms with Crippen LogP contribution in [-0.2, 0) is 14.3 Å². The molecule has 3 rings (SSSR count). The van der Waals surface area contributed by atoms with E-state index >= 15 is 0 Å². The summed E-state index contributed by atoms with van der Waals surface area (Å²) in [5.41, 5.74) is 0.970. The van der Waals surface area contributed by atoms with E-state index in [0.717, 1.165) is 11.3 Å². The predicted octanol–water partition coefficient (Wildman–Crippen LogP) is 1.46. The van der Waals surface area contributed by atoms with Crippen LogP contribution in [-0.4, -0.2) is 62.1 Å². The molecular weight excluding hydrogens is 308 g/mol. The Hall–Kier alpha value is -2.08. The van der Waals surface area contributed by atoms with Gasteiger partial charge in [-0.2, -0.15) is 0 Å². The smallest absolute Gasteiger partial charge is 0.228 e. The topological polar surface area (TPSA) is 59.1 Å². The molecule has 2 fully saturated rings. The zero-order valence-corrected chi connectivity index (χ0v) is 14.2. The second-order valence-corrected chi connectivity index (χ2v) is 6.31. The van der Waals surface area contributed by atoms with Crippen molar-refractivity contribution < 1.29 is 19.1 Å². The van der Waals surface area contributed by atoms with Gasteiger partial charge in [0, 0.05) is 26.6 Å². The van der Waals surface area contributed by atoms with Crippen LogP contribution in [0, 0.1) is 5.92 Å². The van der Waals surface area contributed by atoms with Crippen molar-refractivity contribution >= 4 is 11.8 Å². The molecule has 2 saturated heterocycles. The van der Waals surface area contributed by atoms with Gasteiger partial charge in [-0.05, 0) is 24.1 Å². The first-order valence-electron chi connectivity index (χ1n) is 8.38. The van der Waals surface area contributed by atoms with Gasteiger partial charge in [-0.15, -0.1) is 0 Å². The molecule has 0 unspecified atom stereocenters. The van der Waals surface area contributed by atoms with E-state index in [1.807, 2.05) is 29.2 Å². The largest absolute Gasteiger partial charge is 0.497 e. The lowest BCUT2D eigenvalue weighted by atomic mass is 9.83. The molecule has 2 amide bonds. The van der Waals surface area contributed by atoms with E-state index in [1.54, 1.807) is 19.1 Å². The molecule has 0 spiro atoms. The fourth-order valence-electron chi connectivity index (χ4n) is 3.57. The first kappa shape index (κ1) is 16.8. The van der Waals surface area contributed by atoms with Gasteiger partial charge in [0.2, 0.25) is 11.8 Å². The molecule has 1 aromatic rings. The van der Waals surface area contributed by atoms with Crippen LogP contribution >= 0.6 is 0 Å². The van der Waals surface area contributed by atoms with Crippen LogP contribution in [0.2, 0.25) is 0 Å². The number of hydrogen-bond acceptors (Lipinski definition) is 4. The third-order valence-electron chi connectivity index (χ3n) is 4.96. The third-order valence-corrected chi connectivity index (χ3v) is 4.96. The van der Waals surface area contributed by atoms with Crippen molar-refractivity contribution in [1.82, 2.24) is 9.80 Å². The number of carbonyl (C=O) groups is 2. The van der Waals surface area contributed by atoms with Crippen LogP contribution in [0.5, 0.6) is 5.75 Å². The van der Waals surface area contributed by atoms with Gasteiger partial charge < -0.3 is 19.3 Å². The molecule has 0 saturated carbocycles. The van der Waals surface area contributed by atoms with Crippen LogP contribution < -0.4 is 4.74 Å². The van der Waals surface area contributed by atoms with Gasteiger partial charge in [0.25, 0.3) is 0 Å². The highest BCUT2D eigenvalue weighted by atomic mass is 16.5. The second-order valence-electron chi connectivity index (χ2n) is 6.31. The lowest BCUT2D eigenvalue weighted by molar-refractivity contribution is -0.149. The number of morpholine rings is 1. The predicted molar refractivity (Wildman–Crippen MR) is 88.6 cm³/mol. The number of hydrogen-bond donors (Lipinski definition) is 0. The molecule has 2 aliphatic rings. The lowest BCUT2D eigenvalue weighted by Gasteiger charge is -2.41. The number of benzene rings is 1. The van der Waals surface area contributed by atoms with Crippen molar-refractivity contribution in [3.05, 3.63) is 29.8 Å². The van der Waals surface area contributed by atoms with E-state index in [-0.39, 0.29) is 23.8 Å². The van der Waals surface area contributed by atoms with Crippen molar-refractivity contribution in [3.8, 4) is 5.75 Å². The molecular formula is C18H24N2O4. The average Bonchev–Trinajstić information content (AvgIpc) is 2.64. The molecule has 0 N–H and O–H groups in total. The number of rotatable bonds is 3. The zero-order chi connectivity index (χ0) is 17.1. The van der Waals surface area contributed by atoms with Gasteiger partial charge >= 0.3 is 0 Å². The van der Waals surface area contributed by atoms with Gasteiger partial charge in [0.1, 0.15) is 5.75 Å². The van der Waals surface area contributed by atoms with Crippen LogP contribution in [0.25, 0.3) is 0 Å². The first-order chi connectivity index (χ1) is 11.6. The maximum absolute atomic E-state index is 13.0. The average molecular weight is 332 g/mol. The maximum atomic E-state index is 13.0. The second kappa shape index (κ2) is 7.21. The number of nitrogens with zero attached hydrogens (tertiary/aromatic N) is 2. The fraction of sp³-hybridized carbons (Fsp3) is 0.556. The summed E-state index contributed by atoms with van der Waals surface area (Å²) in [5.74, 6) is 0.763. The van der Waals surface area contributed by atoms with Crippen LogP contribution in [0.1, 0.15) is 24.4 Å². The molecule has 2 aliphatic heterocycles. The SMILES string of the molecule is COc1ccc([C@H]2[C@H](C(=O)N3CCOCC3)CCC(=O)N2C)cc1. The summed E-state index contributed by atoms with van der Waals surface area (Å²) >= 11 is 0. The maximum Gasteiger partial charge on any atom is 0.228 e. The van der Waals surface area contributed by atoms with Gasteiger partial charge in [-0.3, -0.25) is 9.59 Å². The molecule has 0 aromatic heterocycles. The molecule has 6 heteroatoms. The molecule has 24 heavy (non-hydrogen) atoms. The minimum Gasteiger partial charge on any atom is -0.497 e. The van der Waals surface area contributed by atoms with Gasteiger partial charge in [-0.25, -0.2) is 0 Å². The minimum atomic E-state index is -0.229. The Labute approximate surface area is 142 Å². The van der Waals surface area contributed by atoms with Gasteiger partial charge in [-0.1, -0.05) is 12.1 Å². The Balaban J connectivity index is 1.86. The van der Waals surface area contributed by atoms with Crippen LogP contribution in [0.15, 0.2) is 24.3 Å². The van der Waals surface area contributed by atoms with Crippen LogP contribution in [0.4, 0.5) is 0 Å². The molecule has 6 nitrogen and oxygen atoms in total. The van der Waals surface area contributed by atoms with Crippen molar-refractivity contribution in [1.29, 1.82) is 0 Å². The molecule has 0 aliphatic carbocycles. The summed E-state index contributed by atoms with van der Waals surface area (Å²) in [6.45, 7) is 2.42. The Morgan fingerprint density at radius 2 is 1.88 bits per heavy atom. The minimum absolute atomic E-state index is 0.0850. The standard InChI is InChI=1S/C18H24N2O4/c1-19-16(21)8-7-15(18(22)20-9-11-24-12-10-20)17(19)13-3-5-14(23-2)6-4-13/h3-6,15,17H,7-12H2,1-2H3/t15-,17+/m1/s1. The number of methoxy groups -OCH3 is 1. The third kappa shape index (κ3) is 3.24. The molecule has 130 valence electrons. The summed E-state index contributed by atoms with van der Waals surface area (Å²) in [7, 11) is 3.41. The van der Waals surface area contributed by atoms with Crippen molar-refractivity contribution in [2.24, 2.45) is 5.92 Å². The van der Waals surface area contributed by atoms with E-state index in [4.69, 9.17) is 9.47 Å². The molecule has 2 atom stereocenters. The summed E-state index contributed by atoms with van der Waals surface area (Å²) in [6, 6.07) is 7.40. The Morgan fingerprint density at radius 1 is 1.21 bits per heavy atom. The normalized spacial score (nSPS) is 24.8. The summed E-state index contributed by atoms with van der Waals surface area (Å²) in [4.78, 5) is 28.8. The Morgan fingerprint density at radius 3 is 2.50 bits per heavy atom. The number of piperidine rings is 1. The van der Waals surface area contributed by atoms with E-state index < -0.39 is 0 Å². The summed E-state index contributed by atoms with van der Waals surface area (Å²) < 4.78 is 10.5. The monoisotopic (exact) mass is 332 g/mol. The van der Waals surface area contributed by atoms with Crippen molar-refractivity contribution in [2.45, 2.75) is 18.9 Å². The molecule has 1 aromatic carbocycles. The highest BCUT2D eigenvalue weighted by molar-refractivity contribution is 5.85. The zero-order valence-electron chi connectivity index (χ0n) is 14.2. The Bertz CT molecular complexity index is 596. The summed E-state index contributed by atoms with van der Waals surface area (Å²) in [5, 5.41) is 0. The molecule has 0 bridgehead atoms. The number of amides is 2. The van der Waals surface area contributed by atoms with Gasteiger partial charge in [0.15, 0.2) is 0 Å². The fourth-order valence-corrected chi connectivity index (χ4v) is 3.57. The summed E-state index contributed by atoms with van der Waals surface area (Å²) in [6.07, 6.45) is 1.01. The van der Waals surface area contributed by atoms with E-state index in [0.29, 0.717) is 39.1 Å². The number of likely N-dealkylation sites (tertiary alicyclic amines) is 1. The lowest BCUT2D eigenvalue weighted by Crippen LogP contribution is -2.50.